The van der Waals surface area contributed by atoms with Crippen molar-refractivity contribution < 1.29 is 9.53 Å². The van der Waals surface area contributed by atoms with Crippen LogP contribution in [0.15, 0.2) is 0 Å². The first-order valence-electron chi connectivity index (χ1n) is 8.41. The summed E-state index contributed by atoms with van der Waals surface area (Å²) in [4.78, 5) is 23.6. The minimum Gasteiger partial charge on any atom is -0.381 e. The Morgan fingerprint density at radius 1 is 1.33 bits per heavy atom. The maximum atomic E-state index is 12.6. The lowest BCUT2D eigenvalue weighted by atomic mass is 9.95. The van der Waals surface area contributed by atoms with Crippen LogP contribution < -0.4 is 5.32 Å². The zero-order chi connectivity index (χ0) is 17.5. The van der Waals surface area contributed by atoms with Crippen LogP contribution in [-0.4, -0.2) is 35.6 Å². The van der Waals surface area contributed by atoms with Gasteiger partial charge >= 0.3 is 0 Å². The summed E-state index contributed by atoms with van der Waals surface area (Å²) in [5.74, 6) is 1.24. The minimum absolute atomic E-state index is 0.0147. The van der Waals surface area contributed by atoms with Gasteiger partial charge in [0.15, 0.2) is 0 Å². The average Bonchev–Trinajstić information content (AvgIpc) is 3.12. The van der Waals surface area contributed by atoms with Gasteiger partial charge in [0.25, 0.3) is 5.91 Å². The third-order valence-corrected chi connectivity index (χ3v) is 5.61. The van der Waals surface area contributed by atoms with Gasteiger partial charge in [0, 0.05) is 29.9 Å². The van der Waals surface area contributed by atoms with Crippen molar-refractivity contribution in [3.8, 4) is 0 Å². The van der Waals surface area contributed by atoms with Crippen LogP contribution in [0.2, 0.25) is 0 Å². The topological polar surface area (TPSA) is 64.1 Å². The lowest BCUT2D eigenvalue weighted by Gasteiger charge is -2.16. The highest BCUT2D eigenvalue weighted by molar-refractivity contribution is 7.20. The van der Waals surface area contributed by atoms with Crippen LogP contribution in [0, 0.1) is 19.8 Å². The fraction of sp³-hybridized carbons (Fsp3) is 0.611. The van der Waals surface area contributed by atoms with E-state index < -0.39 is 0 Å². The summed E-state index contributed by atoms with van der Waals surface area (Å²) < 4.78 is 5.36. The number of aryl methyl sites for hydroxylation is 2. The standard InChI is InChI=1S/C18H25N3O2S/c1-10-13-11(2)20-17(18(3,4)5)21-16(13)24-14(10)15(22)19-8-12-6-7-23-9-12/h12H,6-9H2,1-5H3,(H,19,22)/t12-/m0/s1. The van der Waals surface area contributed by atoms with E-state index in [4.69, 9.17) is 9.72 Å². The highest BCUT2D eigenvalue weighted by Crippen LogP contribution is 2.33. The van der Waals surface area contributed by atoms with E-state index >= 15 is 0 Å². The highest BCUT2D eigenvalue weighted by Gasteiger charge is 2.24. The molecule has 24 heavy (non-hydrogen) atoms. The molecule has 0 bridgehead atoms. The third-order valence-electron chi connectivity index (χ3n) is 4.42. The Morgan fingerprint density at radius 2 is 2.08 bits per heavy atom. The van der Waals surface area contributed by atoms with Crippen LogP contribution in [0.1, 0.15) is 53.9 Å². The van der Waals surface area contributed by atoms with Crippen molar-refractivity contribution >= 4 is 27.5 Å². The zero-order valence-electron chi connectivity index (χ0n) is 15.0. The first-order valence-corrected chi connectivity index (χ1v) is 9.23. The van der Waals surface area contributed by atoms with E-state index in [1.165, 1.54) is 11.3 Å². The van der Waals surface area contributed by atoms with Gasteiger partial charge < -0.3 is 10.1 Å². The molecule has 0 radical (unpaired) electrons. The monoisotopic (exact) mass is 347 g/mol. The molecule has 130 valence electrons. The van der Waals surface area contributed by atoms with Gasteiger partial charge in [-0.3, -0.25) is 4.79 Å². The van der Waals surface area contributed by atoms with Crippen molar-refractivity contribution in [1.29, 1.82) is 0 Å². The summed E-state index contributed by atoms with van der Waals surface area (Å²) in [7, 11) is 0. The van der Waals surface area contributed by atoms with Gasteiger partial charge in [-0.2, -0.15) is 0 Å². The van der Waals surface area contributed by atoms with Crippen LogP contribution in [0.4, 0.5) is 0 Å². The van der Waals surface area contributed by atoms with E-state index in [9.17, 15) is 4.79 Å². The van der Waals surface area contributed by atoms with Crippen molar-refractivity contribution in [2.24, 2.45) is 5.92 Å². The van der Waals surface area contributed by atoms with Crippen LogP contribution in [0.25, 0.3) is 10.2 Å². The Labute approximate surface area is 146 Å². The maximum absolute atomic E-state index is 12.6. The van der Waals surface area contributed by atoms with E-state index in [1.54, 1.807) is 0 Å². The molecule has 6 heteroatoms. The molecule has 1 fully saturated rings. The SMILES string of the molecule is Cc1nc(C(C)(C)C)nc2sc(C(=O)NC[C@@H]3CCOC3)c(C)c12. The van der Waals surface area contributed by atoms with Gasteiger partial charge in [-0.1, -0.05) is 20.8 Å². The summed E-state index contributed by atoms with van der Waals surface area (Å²) in [5.41, 5.74) is 1.82. The molecule has 1 aliphatic heterocycles. The lowest BCUT2D eigenvalue weighted by molar-refractivity contribution is 0.0948. The highest BCUT2D eigenvalue weighted by atomic mass is 32.1. The Bertz CT molecular complexity index is 771. The van der Waals surface area contributed by atoms with E-state index in [0.29, 0.717) is 12.5 Å². The Hall–Kier alpha value is -1.53. The molecule has 2 aromatic rings. The molecule has 0 aliphatic carbocycles. The lowest BCUT2D eigenvalue weighted by Crippen LogP contribution is -2.29. The molecule has 0 unspecified atom stereocenters. The number of nitrogens with one attached hydrogen (secondary N) is 1. The zero-order valence-corrected chi connectivity index (χ0v) is 15.8. The number of amides is 1. The van der Waals surface area contributed by atoms with Crippen molar-refractivity contribution in [3.63, 3.8) is 0 Å². The first-order chi connectivity index (χ1) is 11.3. The number of aromatic nitrogens is 2. The minimum atomic E-state index is -0.109. The van der Waals surface area contributed by atoms with E-state index in [1.807, 2.05) is 13.8 Å². The normalized spacial score (nSPS) is 18.3. The number of rotatable bonds is 3. The summed E-state index contributed by atoms with van der Waals surface area (Å²) in [5, 5.41) is 4.07. The molecule has 2 aromatic heterocycles. The Balaban J connectivity index is 1.89. The molecule has 5 nitrogen and oxygen atoms in total. The summed E-state index contributed by atoms with van der Waals surface area (Å²) in [6, 6.07) is 0. The van der Waals surface area contributed by atoms with E-state index in [0.717, 1.165) is 51.8 Å². The number of fused-ring (bicyclic) bond motifs is 1. The number of carbonyl (C=O) groups excluding carboxylic acids is 1. The van der Waals surface area contributed by atoms with Gasteiger partial charge in [0.1, 0.15) is 10.7 Å². The van der Waals surface area contributed by atoms with E-state index in [-0.39, 0.29) is 11.3 Å². The molecule has 0 spiro atoms. The second-order valence-corrected chi connectivity index (χ2v) is 8.56. The van der Waals surface area contributed by atoms with Gasteiger partial charge in [-0.15, -0.1) is 11.3 Å². The number of thiophene rings is 1. The van der Waals surface area contributed by atoms with Gasteiger partial charge in [-0.25, -0.2) is 9.97 Å². The average molecular weight is 347 g/mol. The summed E-state index contributed by atoms with van der Waals surface area (Å²) in [6.45, 7) is 12.5. The molecule has 1 amide bonds. The van der Waals surface area contributed by atoms with Crippen molar-refractivity contribution in [2.75, 3.05) is 19.8 Å². The van der Waals surface area contributed by atoms with Crippen LogP contribution in [0.5, 0.6) is 0 Å². The van der Waals surface area contributed by atoms with Gasteiger partial charge in [-0.05, 0) is 25.8 Å². The molecule has 3 rings (SSSR count). The summed E-state index contributed by atoms with van der Waals surface area (Å²) in [6.07, 6.45) is 1.02. The van der Waals surface area contributed by atoms with Crippen molar-refractivity contribution in [1.82, 2.24) is 15.3 Å². The smallest absolute Gasteiger partial charge is 0.261 e. The first kappa shape index (κ1) is 17.3. The molecule has 1 aliphatic rings. The molecule has 1 N–H and O–H groups in total. The molecule has 0 aromatic carbocycles. The molecule has 1 atom stereocenters. The number of nitrogens with zero attached hydrogens (tertiary/aromatic N) is 2. The summed E-state index contributed by atoms with van der Waals surface area (Å²) >= 11 is 1.46. The molecule has 3 heterocycles. The second kappa shape index (κ2) is 6.41. The number of hydrogen-bond acceptors (Lipinski definition) is 5. The van der Waals surface area contributed by atoms with Crippen LogP contribution in [0.3, 0.4) is 0 Å². The largest absolute Gasteiger partial charge is 0.381 e. The predicted octanol–water partition coefficient (Wildman–Crippen LogP) is 3.37. The van der Waals surface area contributed by atoms with Crippen molar-refractivity contribution in [2.45, 2.75) is 46.5 Å². The number of carbonyl (C=O) groups is 1. The van der Waals surface area contributed by atoms with Crippen LogP contribution in [-0.2, 0) is 10.2 Å². The third kappa shape index (κ3) is 3.30. The number of ether oxygens (including phenoxy) is 1. The van der Waals surface area contributed by atoms with Crippen LogP contribution >= 0.6 is 11.3 Å². The van der Waals surface area contributed by atoms with E-state index in [2.05, 4.69) is 31.1 Å². The molecule has 1 saturated heterocycles. The maximum Gasteiger partial charge on any atom is 0.261 e. The number of hydrogen-bond donors (Lipinski definition) is 1. The Kier molecular flexibility index (Phi) is 4.62. The fourth-order valence-electron chi connectivity index (χ4n) is 2.95. The Morgan fingerprint density at radius 3 is 2.71 bits per heavy atom. The molecular weight excluding hydrogens is 322 g/mol. The molecular formula is C18H25N3O2S. The van der Waals surface area contributed by atoms with Gasteiger partial charge in [0.2, 0.25) is 0 Å². The van der Waals surface area contributed by atoms with Gasteiger partial charge in [0.05, 0.1) is 17.2 Å². The predicted molar refractivity (Wildman–Crippen MR) is 96.8 cm³/mol. The fourth-order valence-corrected chi connectivity index (χ4v) is 4.10. The second-order valence-electron chi connectivity index (χ2n) is 7.56. The van der Waals surface area contributed by atoms with Crippen molar-refractivity contribution in [3.05, 3.63) is 22.0 Å². The quantitative estimate of drug-likeness (QED) is 0.924. The molecule has 0 saturated carbocycles.